The van der Waals surface area contributed by atoms with Crippen molar-refractivity contribution in [2.24, 2.45) is 0 Å². The summed E-state index contributed by atoms with van der Waals surface area (Å²) in [6.45, 7) is 4.05. The lowest BCUT2D eigenvalue weighted by Crippen LogP contribution is -2.28. The highest BCUT2D eigenvalue weighted by molar-refractivity contribution is 5.89. The fourth-order valence-corrected chi connectivity index (χ4v) is 5.88. The molecule has 0 saturated heterocycles. The van der Waals surface area contributed by atoms with Crippen LogP contribution in [0.15, 0.2) is 91.4 Å². The van der Waals surface area contributed by atoms with Crippen LogP contribution in [0.2, 0.25) is 0 Å². The Balaban J connectivity index is 1.04. The number of benzene rings is 3. The molecular formula is C38H45N5O3. The molecule has 0 aliphatic carbocycles. The van der Waals surface area contributed by atoms with Crippen molar-refractivity contribution in [2.45, 2.75) is 57.8 Å². The number of nitrogens with one attached hydrogen (secondary N) is 1. The van der Waals surface area contributed by atoms with Crippen molar-refractivity contribution in [3.8, 4) is 5.75 Å². The largest absolute Gasteiger partial charge is 0.493 e. The van der Waals surface area contributed by atoms with E-state index in [4.69, 9.17) is 9.84 Å². The first-order valence-electron chi connectivity index (χ1n) is 16.6. The number of fused-ring (bicyclic) bond motifs is 2. The zero-order valence-electron chi connectivity index (χ0n) is 26.6. The number of aryl methyl sites for hydroxylation is 2. The van der Waals surface area contributed by atoms with Gasteiger partial charge in [-0.3, -0.25) is 9.78 Å². The minimum atomic E-state index is -0.737. The second-order valence-corrected chi connectivity index (χ2v) is 11.8. The first kappa shape index (κ1) is 32.8. The average Bonchev–Trinajstić information content (AvgIpc) is 3.08. The number of pyridine rings is 1. The van der Waals surface area contributed by atoms with Gasteiger partial charge in [-0.2, -0.15) is 0 Å². The molecule has 0 unspecified atom stereocenters. The number of ether oxygens (including phenoxy) is 1. The Morgan fingerprint density at radius 3 is 2.46 bits per heavy atom. The van der Waals surface area contributed by atoms with Gasteiger partial charge in [-0.1, -0.05) is 55.0 Å². The van der Waals surface area contributed by atoms with Crippen LogP contribution in [-0.2, 0) is 17.6 Å². The normalized spacial score (nSPS) is 11.3. The van der Waals surface area contributed by atoms with Crippen LogP contribution in [0.3, 0.4) is 0 Å². The van der Waals surface area contributed by atoms with Crippen molar-refractivity contribution < 1.29 is 14.6 Å². The Kier molecular flexibility index (Phi) is 12.7. The fraction of sp³-hybridized carbons (Fsp3) is 0.368. The second-order valence-electron chi connectivity index (χ2n) is 11.8. The number of unbranched alkanes of at least 4 members (excludes halogenated alkanes) is 2. The molecule has 0 spiro atoms. The molecule has 2 N–H and O–H groups in total. The molecule has 8 nitrogen and oxygen atoms in total. The van der Waals surface area contributed by atoms with Crippen molar-refractivity contribution in [1.82, 2.24) is 19.9 Å². The maximum atomic E-state index is 11.1. The zero-order valence-corrected chi connectivity index (χ0v) is 26.6. The van der Waals surface area contributed by atoms with Gasteiger partial charge in [-0.25, -0.2) is 9.97 Å². The predicted octanol–water partition coefficient (Wildman–Crippen LogP) is 7.57. The van der Waals surface area contributed by atoms with Crippen LogP contribution >= 0.6 is 0 Å². The van der Waals surface area contributed by atoms with Crippen molar-refractivity contribution in [3.63, 3.8) is 0 Å². The summed E-state index contributed by atoms with van der Waals surface area (Å²) < 4.78 is 6.12. The Morgan fingerprint density at radius 2 is 1.57 bits per heavy atom. The van der Waals surface area contributed by atoms with Crippen LogP contribution in [0.5, 0.6) is 5.75 Å². The summed E-state index contributed by atoms with van der Waals surface area (Å²) >= 11 is 0. The van der Waals surface area contributed by atoms with E-state index in [1.807, 2.05) is 36.5 Å². The highest BCUT2D eigenvalue weighted by atomic mass is 16.5. The molecule has 46 heavy (non-hydrogen) atoms. The van der Waals surface area contributed by atoms with E-state index in [0.717, 1.165) is 99.1 Å². The number of rotatable bonds is 20. The number of anilines is 1. The molecule has 8 heteroatoms. The van der Waals surface area contributed by atoms with E-state index in [1.165, 1.54) is 16.5 Å². The van der Waals surface area contributed by atoms with Gasteiger partial charge in [-0.05, 0) is 93.4 Å². The second kappa shape index (κ2) is 17.8. The predicted molar refractivity (Wildman–Crippen MR) is 186 cm³/mol. The van der Waals surface area contributed by atoms with Crippen molar-refractivity contribution in [3.05, 3.63) is 103 Å². The molecule has 0 saturated carbocycles. The highest BCUT2D eigenvalue weighted by Crippen LogP contribution is 2.24. The molecule has 0 bridgehead atoms. The highest BCUT2D eigenvalue weighted by Gasteiger charge is 2.09. The van der Waals surface area contributed by atoms with E-state index in [0.29, 0.717) is 13.0 Å². The van der Waals surface area contributed by atoms with Crippen molar-refractivity contribution in [1.29, 1.82) is 0 Å². The molecule has 0 aliphatic rings. The van der Waals surface area contributed by atoms with Crippen LogP contribution in [0.25, 0.3) is 21.8 Å². The minimum absolute atomic E-state index is 0.199. The Bertz CT molecular complexity index is 1660. The van der Waals surface area contributed by atoms with E-state index in [-0.39, 0.29) is 6.42 Å². The summed E-state index contributed by atoms with van der Waals surface area (Å²) in [6, 6.07) is 27.0. The number of aromatic nitrogens is 3. The number of nitrogens with zero attached hydrogens (tertiary/aromatic N) is 4. The van der Waals surface area contributed by atoms with Crippen LogP contribution < -0.4 is 10.1 Å². The molecule has 5 aromatic rings. The zero-order chi connectivity index (χ0) is 31.8. The molecule has 0 amide bonds. The quantitative estimate of drug-likeness (QED) is 0.0861. The average molecular weight is 620 g/mol. The molecule has 2 heterocycles. The summed E-state index contributed by atoms with van der Waals surface area (Å²) in [7, 11) is 0. The maximum Gasteiger partial charge on any atom is 0.303 e. The fourth-order valence-electron chi connectivity index (χ4n) is 5.88. The molecule has 240 valence electrons. The standard InChI is InChI=1S/C38H45N5O3/c44-37(45)18-10-25-43(24-8-2-5-15-31-21-23-39-35-17-7-6-16-33(31)35)26-11-27-46-32-19-20-34-36(28-32)41-29-42-38(34)40-22-9-14-30-12-3-1-4-13-30/h1,3-4,6-7,12-13,16-17,19-21,23,28-29H,2,5,8-11,14-15,18,22,24-27H2,(H,44,45)(H,40,41,42). The lowest BCUT2D eigenvalue weighted by molar-refractivity contribution is -0.137. The third-order valence-corrected chi connectivity index (χ3v) is 8.30. The Morgan fingerprint density at radius 1 is 0.739 bits per heavy atom. The van der Waals surface area contributed by atoms with E-state index in [9.17, 15) is 4.79 Å². The number of aliphatic carboxylic acids is 1. The molecule has 0 radical (unpaired) electrons. The molecule has 0 atom stereocenters. The SMILES string of the molecule is O=C(O)CCCN(CCCCCc1ccnc2ccccc12)CCCOc1ccc2c(NCCCc3ccccc3)ncnc2c1. The van der Waals surface area contributed by atoms with Crippen LogP contribution in [0, 0.1) is 0 Å². The molecule has 2 aromatic heterocycles. The number of para-hydroxylation sites is 1. The first-order valence-corrected chi connectivity index (χ1v) is 16.6. The third kappa shape index (κ3) is 10.2. The van der Waals surface area contributed by atoms with E-state index in [2.05, 4.69) is 73.7 Å². The molecule has 3 aromatic carbocycles. The number of hydrogen-bond donors (Lipinski definition) is 2. The maximum absolute atomic E-state index is 11.1. The van der Waals surface area contributed by atoms with Gasteiger partial charge in [0.25, 0.3) is 0 Å². The van der Waals surface area contributed by atoms with Gasteiger partial charge in [0.2, 0.25) is 0 Å². The minimum Gasteiger partial charge on any atom is -0.493 e. The van der Waals surface area contributed by atoms with Crippen LogP contribution in [-0.4, -0.2) is 63.7 Å². The van der Waals surface area contributed by atoms with Gasteiger partial charge in [0.1, 0.15) is 17.9 Å². The van der Waals surface area contributed by atoms with Gasteiger partial charge >= 0.3 is 5.97 Å². The molecular weight excluding hydrogens is 574 g/mol. The lowest BCUT2D eigenvalue weighted by atomic mass is 10.0. The molecule has 0 fully saturated rings. The summed E-state index contributed by atoms with van der Waals surface area (Å²) in [5.74, 6) is 0.900. The smallest absolute Gasteiger partial charge is 0.303 e. The van der Waals surface area contributed by atoms with Crippen LogP contribution in [0.1, 0.15) is 56.1 Å². The van der Waals surface area contributed by atoms with Crippen molar-refractivity contribution in [2.75, 3.05) is 38.1 Å². The van der Waals surface area contributed by atoms with E-state index < -0.39 is 5.97 Å². The van der Waals surface area contributed by atoms with Gasteiger partial charge < -0.3 is 20.1 Å². The summed E-state index contributed by atoms with van der Waals surface area (Å²) in [6.07, 6.45) is 11.6. The van der Waals surface area contributed by atoms with Gasteiger partial charge in [0, 0.05) is 42.5 Å². The van der Waals surface area contributed by atoms with Crippen molar-refractivity contribution >= 4 is 33.6 Å². The number of carboxylic acid groups (broad SMARTS) is 1. The number of hydrogen-bond acceptors (Lipinski definition) is 7. The number of carbonyl (C=O) groups is 1. The molecule has 0 aliphatic heterocycles. The van der Waals surface area contributed by atoms with Gasteiger partial charge in [-0.15, -0.1) is 0 Å². The Labute approximate surface area is 271 Å². The third-order valence-electron chi connectivity index (χ3n) is 8.30. The van der Waals surface area contributed by atoms with Gasteiger partial charge in [0.05, 0.1) is 17.6 Å². The lowest BCUT2D eigenvalue weighted by Gasteiger charge is -2.22. The van der Waals surface area contributed by atoms with E-state index >= 15 is 0 Å². The first-order chi connectivity index (χ1) is 22.7. The topological polar surface area (TPSA) is 100 Å². The Hall–Kier alpha value is -4.56. The van der Waals surface area contributed by atoms with E-state index in [1.54, 1.807) is 6.33 Å². The monoisotopic (exact) mass is 619 g/mol. The summed E-state index contributed by atoms with van der Waals surface area (Å²) in [4.78, 5) is 26.9. The van der Waals surface area contributed by atoms with Crippen LogP contribution in [0.4, 0.5) is 5.82 Å². The summed E-state index contributed by atoms with van der Waals surface area (Å²) in [5.41, 5.74) is 4.60. The van der Waals surface area contributed by atoms with Gasteiger partial charge in [0.15, 0.2) is 0 Å². The number of carboxylic acids is 1. The summed E-state index contributed by atoms with van der Waals surface area (Å²) in [5, 5.41) is 14.8. The molecule has 5 rings (SSSR count).